The molecule has 1 saturated heterocycles. The maximum atomic E-state index is 14.1. The predicted molar refractivity (Wildman–Crippen MR) is 156 cm³/mol. The lowest BCUT2D eigenvalue weighted by molar-refractivity contribution is -0.137. The Morgan fingerprint density at radius 3 is 2.55 bits per heavy atom. The highest BCUT2D eigenvalue weighted by molar-refractivity contribution is 7.88. The van der Waals surface area contributed by atoms with Crippen molar-refractivity contribution in [3.8, 4) is 5.75 Å². The second-order valence-electron chi connectivity index (χ2n) is 10.5. The Hall–Kier alpha value is -3.62. The van der Waals surface area contributed by atoms with Gasteiger partial charge < -0.3 is 25.6 Å². The number of hydrogen-bond donors (Lipinski definition) is 3. The molecule has 0 saturated carbocycles. The zero-order valence-corrected chi connectivity index (χ0v) is 24.6. The van der Waals surface area contributed by atoms with Crippen LogP contribution in [0.1, 0.15) is 28.3 Å². The van der Waals surface area contributed by atoms with Crippen molar-refractivity contribution in [2.75, 3.05) is 62.1 Å². The minimum absolute atomic E-state index is 0.0679. The topological polar surface area (TPSA) is 112 Å². The molecule has 226 valence electrons. The van der Waals surface area contributed by atoms with Gasteiger partial charge >= 0.3 is 6.18 Å². The van der Waals surface area contributed by atoms with E-state index in [4.69, 9.17) is 4.74 Å². The normalized spacial score (nSPS) is 19.1. The molecule has 2 atom stereocenters. The Balaban J connectivity index is 1.48. The number of sulfonamides is 1. The number of ether oxygens (including phenoxy) is 1. The van der Waals surface area contributed by atoms with E-state index in [2.05, 4.69) is 30.8 Å². The summed E-state index contributed by atoms with van der Waals surface area (Å²) in [7, 11) is -0.714. The molecule has 2 heterocycles. The summed E-state index contributed by atoms with van der Waals surface area (Å²) < 4.78 is 74.1. The molecule has 2 aliphatic rings. The van der Waals surface area contributed by atoms with Crippen LogP contribution in [-0.2, 0) is 22.6 Å². The summed E-state index contributed by atoms with van der Waals surface area (Å²) in [5, 5.41) is 9.27. The lowest BCUT2D eigenvalue weighted by atomic mass is 10.1. The van der Waals surface area contributed by atoms with Gasteiger partial charge in [0.15, 0.2) is 0 Å². The van der Waals surface area contributed by atoms with Gasteiger partial charge in [0.25, 0.3) is 0 Å². The first kappa shape index (κ1) is 29.9. The summed E-state index contributed by atoms with van der Waals surface area (Å²) >= 11 is 0. The van der Waals surface area contributed by atoms with Crippen molar-refractivity contribution >= 4 is 33.2 Å². The highest BCUT2D eigenvalue weighted by atomic mass is 32.2. The quantitative estimate of drug-likeness (QED) is 0.352. The Morgan fingerprint density at radius 2 is 1.88 bits per heavy atom. The van der Waals surface area contributed by atoms with Crippen LogP contribution >= 0.6 is 0 Å². The second-order valence-corrected chi connectivity index (χ2v) is 12.6. The van der Waals surface area contributed by atoms with Gasteiger partial charge in [-0.3, -0.25) is 0 Å². The number of likely N-dealkylation sites (N-methyl/N-ethyl adjacent to an activating group) is 1. The molecule has 14 heteroatoms. The van der Waals surface area contributed by atoms with E-state index in [0.717, 1.165) is 61.0 Å². The highest BCUT2D eigenvalue weighted by Gasteiger charge is 2.41. The van der Waals surface area contributed by atoms with Crippen molar-refractivity contribution in [2.24, 2.45) is 0 Å². The summed E-state index contributed by atoms with van der Waals surface area (Å²) in [5.74, 6) is -0.0206. The molecule has 0 spiro atoms. The zero-order valence-electron chi connectivity index (χ0n) is 23.8. The third-order valence-electron chi connectivity index (χ3n) is 7.75. The molecule has 5 rings (SSSR count). The monoisotopic (exact) mass is 605 g/mol. The molecule has 1 aliphatic carbocycles. The fourth-order valence-corrected chi connectivity index (χ4v) is 6.28. The first-order valence-corrected chi connectivity index (χ1v) is 15.3. The smallest absolute Gasteiger partial charge is 0.421 e. The molecule has 3 aromatic rings. The van der Waals surface area contributed by atoms with Gasteiger partial charge in [-0.15, -0.1) is 0 Å². The van der Waals surface area contributed by atoms with E-state index in [1.807, 2.05) is 31.2 Å². The van der Waals surface area contributed by atoms with Crippen molar-refractivity contribution < 1.29 is 26.3 Å². The van der Waals surface area contributed by atoms with Crippen LogP contribution < -0.4 is 25.6 Å². The van der Waals surface area contributed by atoms with Gasteiger partial charge in [-0.2, -0.15) is 22.5 Å². The van der Waals surface area contributed by atoms with Crippen molar-refractivity contribution in [3.63, 3.8) is 0 Å². The SMILES string of the molecule is COc1cc(N2CCNCC2)c(C)cc1Nc1ncc(C(F)(F)F)c(N[C@@H]2Cc3ccccc3[C@H]2N(C)S(C)(=O)=O)n1. The summed E-state index contributed by atoms with van der Waals surface area (Å²) in [6.07, 6.45) is -2.64. The number of aryl methyl sites for hydroxylation is 1. The van der Waals surface area contributed by atoms with Gasteiger partial charge in [0.2, 0.25) is 16.0 Å². The Morgan fingerprint density at radius 1 is 1.17 bits per heavy atom. The molecule has 1 aliphatic heterocycles. The van der Waals surface area contributed by atoms with Crippen LogP contribution in [0.2, 0.25) is 0 Å². The van der Waals surface area contributed by atoms with Crippen LogP contribution in [0.25, 0.3) is 0 Å². The zero-order chi connectivity index (χ0) is 30.2. The van der Waals surface area contributed by atoms with Gasteiger partial charge in [-0.1, -0.05) is 24.3 Å². The standard InChI is InChI=1S/C28H34F3N7O3S/c1-17-13-21(24(41-3)15-23(17)38-11-9-32-10-12-38)35-27-33-16-20(28(29,30)31)26(36-27)34-22-14-18-7-5-6-8-19(18)25(22)37(2)42(4,39)40/h5-8,13,15-16,22,25,32H,9-12,14H2,1-4H3,(H2,33,34,35,36)/t22-,25-/m1/s1. The maximum absolute atomic E-state index is 14.1. The van der Waals surface area contributed by atoms with Crippen LogP contribution in [0.3, 0.4) is 0 Å². The minimum atomic E-state index is -4.75. The largest absolute Gasteiger partial charge is 0.494 e. The fourth-order valence-electron chi connectivity index (χ4n) is 5.61. The van der Waals surface area contributed by atoms with Gasteiger partial charge in [0.05, 0.1) is 31.1 Å². The number of nitrogens with one attached hydrogen (secondary N) is 3. The van der Waals surface area contributed by atoms with E-state index in [9.17, 15) is 21.6 Å². The fraction of sp³-hybridized carbons (Fsp3) is 0.429. The third kappa shape index (κ3) is 6.10. The molecular weight excluding hydrogens is 571 g/mol. The Bertz CT molecular complexity index is 1560. The molecule has 2 aromatic carbocycles. The second kappa shape index (κ2) is 11.6. The molecule has 1 fully saturated rings. The number of anilines is 4. The van der Waals surface area contributed by atoms with Crippen LogP contribution in [0, 0.1) is 6.92 Å². The first-order valence-electron chi connectivity index (χ1n) is 13.5. The number of hydrogen-bond acceptors (Lipinski definition) is 9. The summed E-state index contributed by atoms with van der Waals surface area (Å²) in [6, 6.07) is 9.54. The van der Waals surface area contributed by atoms with E-state index in [1.54, 1.807) is 12.1 Å². The molecule has 3 N–H and O–H groups in total. The number of alkyl halides is 3. The molecule has 0 radical (unpaired) electrons. The first-order chi connectivity index (χ1) is 19.9. The summed E-state index contributed by atoms with van der Waals surface area (Å²) in [4.78, 5) is 10.4. The van der Waals surface area contributed by atoms with Crippen molar-refractivity contribution in [3.05, 3.63) is 64.8 Å². The molecule has 0 unspecified atom stereocenters. The van der Waals surface area contributed by atoms with Gasteiger partial charge in [0, 0.05) is 51.2 Å². The highest BCUT2D eigenvalue weighted by Crippen LogP contribution is 2.41. The van der Waals surface area contributed by atoms with Crippen LogP contribution in [0.15, 0.2) is 42.6 Å². The maximum Gasteiger partial charge on any atom is 0.421 e. The number of rotatable bonds is 8. The van der Waals surface area contributed by atoms with E-state index in [1.165, 1.54) is 18.5 Å². The predicted octanol–water partition coefficient (Wildman–Crippen LogP) is 3.93. The molecular formula is C28H34F3N7O3S. The average Bonchev–Trinajstić information content (AvgIpc) is 3.29. The lowest BCUT2D eigenvalue weighted by Crippen LogP contribution is -2.43. The average molecular weight is 606 g/mol. The van der Waals surface area contributed by atoms with Crippen molar-refractivity contribution in [2.45, 2.75) is 31.6 Å². The van der Waals surface area contributed by atoms with Gasteiger partial charge in [-0.05, 0) is 36.1 Å². The molecule has 1 aromatic heterocycles. The number of piperazine rings is 1. The molecule has 0 amide bonds. The van der Waals surface area contributed by atoms with Crippen LogP contribution in [0.5, 0.6) is 5.75 Å². The Kier molecular flexibility index (Phi) is 8.23. The van der Waals surface area contributed by atoms with Crippen molar-refractivity contribution in [1.29, 1.82) is 0 Å². The van der Waals surface area contributed by atoms with E-state index in [-0.39, 0.29) is 5.95 Å². The van der Waals surface area contributed by atoms with E-state index in [0.29, 0.717) is 17.9 Å². The third-order valence-corrected chi connectivity index (χ3v) is 9.02. The van der Waals surface area contributed by atoms with Gasteiger partial charge in [0.1, 0.15) is 17.1 Å². The number of fused-ring (bicyclic) bond motifs is 1. The van der Waals surface area contributed by atoms with Crippen LogP contribution in [-0.4, -0.2) is 75.3 Å². The molecule has 10 nitrogen and oxygen atoms in total. The van der Waals surface area contributed by atoms with Crippen molar-refractivity contribution in [1.82, 2.24) is 19.6 Å². The van der Waals surface area contributed by atoms with Gasteiger partial charge in [-0.25, -0.2) is 13.4 Å². The summed E-state index contributed by atoms with van der Waals surface area (Å²) in [5.41, 5.74) is 3.00. The number of benzene rings is 2. The lowest BCUT2D eigenvalue weighted by Gasteiger charge is -2.31. The number of methoxy groups -OCH3 is 1. The molecule has 0 bridgehead atoms. The number of halogens is 3. The van der Waals surface area contributed by atoms with Crippen LogP contribution in [0.4, 0.5) is 36.3 Å². The van der Waals surface area contributed by atoms with E-state index < -0.39 is 39.7 Å². The van der Waals surface area contributed by atoms with E-state index >= 15 is 0 Å². The molecule has 42 heavy (non-hydrogen) atoms. The minimum Gasteiger partial charge on any atom is -0.494 e. The number of nitrogens with zero attached hydrogens (tertiary/aromatic N) is 4. The number of aromatic nitrogens is 2. The summed E-state index contributed by atoms with van der Waals surface area (Å²) in [6.45, 7) is 5.37. The Labute approximate surface area is 243 Å².